The maximum Gasteiger partial charge on any atom is 0.461 e. The molecule has 1 aliphatic carbocycles. The van der Waals surface area contributed by atoms with Gasteiger partial charge in [-0.05, 0) is 36.5 Å². The third-order valence-electron chi connectivity index (χ3n) is 3.68. The van der Waals surface area contributed by atoms with Gasteiger partial charge in [-0.25, -0.2) is 0 Å². The second kappa shape index (κ2) is 7.31. The van der Waals surface area contributed by atoms with E-state index in [4.69, 9.17) is 5.73 Å². The molecular formula is C14H18ClF4NO. The van der Waals surface area contributed by atoms with E-state index in [0.29, 0.717) is 5.92 Å². The highest BCUT2D eigenvalue weighted by Crippen LogP contribution is 2.35. The molecule has 0 spiro atoms. The van der Waals surface area contributed by atoms with Crippen LogP contribution in [-0.4, -0.2) is 12.5 Å². The van der Waals surface area contributed by atoms with Gasteiger partial charge >= 0.3 is 12.5 Å². The molecule has 1 saturated carbocycles. The fraction of sp³-hybridized carbons (Fsp3) is 0.571. The van der Waals surface area contributed by atoms with Crippen molar-refractivity contribution < 1.29 is 22.3 Å². The average Bonchev–Trinajstić information content (AvgIpc) is 2.92. The molecule has 7 heteroatoms. The van der Waals surface area contributed by atoms with Crippen molar-refractivity contribution in [3.63, 3.8) is 0 Å². The van der Waals surface area contributed by atoms with E-state index < -0.39 is 12.5 Å². The van der Waals surface area contributed by atoms with Gasteiger partial charge in [0.1, 0.15) is 5.75 Å². The molecule has 120 valence electrons. The Morgan fingerprint density at radius 1 is 1.10 bits per heavy atom. The normalized spacial score (nSPS) is 17.6. The first-order chi connectivity index (χ1) is 9.40. The number of benzene rings is 1. The number of ether oxygens (including phenoxy) is 1. The van der Waals surface area contributed by atoms with Crippen LogP contribution in [0.4, 0.5) is 17.6 Å². The quantitative estimate of drug-likeness (QED) is 0.806. The summed E-state index contributed by atoms with van der Waals surface area (Å²) in [7, 11) is 0. The molecule has 1 aromatic carbocycles. The van der Waals surface area contributed by atoms with Gasteiger partial charge in [0.05, 0.1) is 0 Å². The maximum absolute atomic E-state index is 12.7. The van der Waals surface area contributed by atoms with Crippen LogP contribution in [0, 0.1) is 5.92 Å². The molecule has 0 aliphatic heterocycles. The van der Waals surface area contributed by atoms with Crippen LogP contribution in [0.2, 0.25) is 0 Å². The summed E-state index contributed by atoms with van der Waals surface area (Å²) < 4.78 is 53.5. The third kappa shape index (κ3) is 4.48. The Kier molecular flexibility index (Phi) is 6.28. The molecule has 2 N–H and O–H groups in total. The lowest BCUT2D eigenvalue weighted by Crippen LogP contribution is -2.33. The molecule has 0 radical (unpaired) electrons. The van der Waals surface area contributed by atoms with Gasteiger partial charge < -0.3 is 10.5 Å². The van der Waals surface area contributed by atoms with Crippen molar-refractivity contribution >= 4 is 12.4 Å². The first-order valence-electron chi connectivity index (χ1n) is 6.60. The molecule has 1 atom stereocenters. The minimum Gasteiger partial charge on any atom is -0.428 e. The number of hydrogen-bond acceptors (Lipinski definition) is 2. The number of halogens is 5. The first kappa shape index (κ1) is 18.0. The topological polar surface area (TPSA) is 35.2 Å². The maximum atomic E-state index is 12.7. The second-order valence-electron chi connectivity index (χ2n) is 5.10. The van der Waals surface area contributed by atoms with Crippen molar-refractivity contribution in [2.75, 3.05) is 0 Å². The molecule has 21 heavy (non-hydrogen) atoms. The summed E-state index contributed by atoms with van der Waals surface area (Å²) >= 11 is 0. The Hall–Kier alpha value is -1.01. The monoisotopic (exact) mass is 327 g/mol. The molecule has 0 amide bonds. The molecule has 2 nitrogen and oxygen atoms in total. The van der Waals surface area contributed by atoms with Gasteiger partial charge in [-0.1, -0.05) is 25.0 Å². The van der Waals surface area contributed by atoms with E-state index in [2.05, 4.69) is 4.74 Å². The van der Waals surface area contributed by atoms with Crippen LogP contribution in [0.25, 0.3) is 0 Å². The minimum atomic E-state index is -4.48. The summed E-state index contributed by atoms with van der Waals surface area (Å²) in [5.74, 6) is 0.0990. The molecule has 0 saturated heterocycles. The van der Waals surface area contributed by atoms with Crippen molar-refractivity contribution in [2.45, 2.75) is 44.3 Å². The van der Waals surface area contributed by atoms with Crippen LogP contribution in [-0.2, 0) is 0 Å². The zero-order chi connectivity index (χ0) is 14.8. The van der Waals surface area contributed by atoms with Crippen molar-refractivity contribution in [3.05, 3.63) is 29.8 Å². The van der Waals surface area contributed by atoms with Gasteiger partial charge in [0, 0.05) is 6.04 Å². The summed E-state index contributed by atoms with van der Waals surface area (Å²) in [6.07, 6.45) is -3.91. The van der Waals surface area contributed by atoms with Gasteiger partial charge in [-0.3, -0.25) is 0 Å². The van der Waals surface area contributed by atoms with Gasteiger partial charge in [0.25, 0.3) is 0 Å². The van der Waals surface area contributed by atoms with E-state index in [9.17, 15) is 17.6 Å². The van der Waals surface area contributed by atoms with Crippen LogP contribution in [0.1, 0.15) is 37.3 Å². The van der Waals surface area contributed by atoms with Crippen molar-refractivity contribution in [1.82, 2.24) is 0 Å². The third-order valence-corrected chi connectivity index (χ3v) is 3.68. The molecule has 1 fully saturated rings. The van der Waals surface area contributed by atoms with Gasteiger partial charge in [-0.15, -0.1) is 12.4 Å². The first-order valence-corrected chi connectivity index (χ1v) is 6.60. The fourth-order valence-corrected chi connectivity index (χ4v) is 2.55. The summed E-state index contributed by atoms with van der Waals surface area (Å²) in [6, 6.07) is 5.46. The van der Waals surface area contributed by atoms with Gasteiger partial charge in [-0.2, -0.15) is 17.6 Å². The summed E-state index contributed by atoms with van der Waals surface area (Å²) in [4.78, 5) is 0. The molecule has 0 aromatic heterocycles. The average molecular weight is 328 g/mol. The van der Waals surface area contributed by atoms with Crippen LogP contribution >= 0.6 is 12.4 Å². The Labute approximate surface area is 127 Å². The molecule has 1 aliphatic rings. The van der Waals surface area contributed by atoms with Crippen LogP contribution in [0.5, 0.6) is 5.75 Å². The van der Waals surface area contributed by atoms with Crippen molar-refractivity contribution in [3.8, 4) is 5.75 Å². The van der Waals surface area contributed by atoms with E-state index in [1.54, 1.807) is 12.1 Å². The molecule has 0 unspecified atom stereocenters. The molecule has 0 bridgehead atoms. The van der Waals surface area contributed by atoms with Gasteiger partial charge in [0.2, 0.25) is 0 Å². The smallest absolute Gasteiger partial charge is 0.428 e. The van der Waals surface area contributed by atoms with Crippen molar-refractivity contribution in [2.24, 2.45) is 11.7 Å². The molecular weight excluding hydrogens is 310 g/mol. The lowest BCUT2D eigenvalue weighted by atomic mass is 9.92. The predicted octanol–water partition coefficient (Wildman–Crippen LogP) is 4.54. The van der Waals surface area contributed by atoms with Crippen molar-refractivity contribution in [1.29, 1.82) is 0 Å². The van der Waals surface area contributed by atoms with E-state index >= 15 is 0 Å². The number of hydrogen-bond donors (Lipinski definition) is 1. The largest absolute Gasteiger partial charge is 0.461 e. The lowest BCUT2D eigenvalue weighted by molar-refractivity contribution is -0.253. The standard InChI is InChI=1S/C14H17F4NO.ClH/c15-13(16)14(17,18)20-11-7-5-10(6-8-11)12(19)9-3-1-2-4-9;/h5-9,12-13H,1-4,19H2;1H/t12-;/m0./s1. The second-order valence-corrected chi connectivity index (χ2v) is 5.10. The summed E-state index contributed by atoms with van der Waals surface area (Å²) in [5.41, 5.74) is 6.93. The number of alkyl halides is 4. The van der Waals surface area contributed by atoms with Crippen LogP contribution in [0.15, 0.2) is 24.3 Å². The van der Waals surface area contributed by atoms with Crippen LogP contribution < -0.4 is 10.5 Å². The fourth-order valence-electron chi connectivity index (χ4n) is 2.55. The Morgan fingerprint density at radius 2 is 1.62 bits per heavy atom. The highest BCUT2D eigenvalue weighted by molar-refractivity contribution is 5.85. The SMILES string of the molecule is Cl.N[C@H](c1ccc(OC(F)(F)C(F)F)cc1)C1CCCC1. The number of nitrogens with two attached hydrogens (primary N) is 1. The van der Waals surface area contributed by atoms with Gasteiger partial charge in [0.15, 0.2) is 0 Å². The zero-order valence-corrected chi connectivity index (χ0v) is 12.1. The summed E-state index contributed by atoms with van der Waals surface area (Å²) in [6.45, 7) is 0. The van der Waals surface area contributed by atoms with E-state index in [-0.39, 0.29) is 24.2 Å². The Bertz CT molecular complexity index is 435. The Balaban J connectivity index is 0.00000220. The highest BCUT2D eigenvalue weighted by atomic mass is 35.5. The predicted molar refractivity (Wildman–Crippen MR) is 74.2 cm³/mol. The Morgan fingerprint density at radius 3 is 2.10 bits per heavy atom. The highest BCUT2D eigenvalue weighted by Gasteiger charge is 2.43. The molecule has 0 heterocycles. The molecule has 2 rings (SSSR count). The van der Waals surface area contributed by atoms with E-state index in [1.165, 1.54) is 12.1 Å². The molecule has 1 aromatic rings. The number of rotatable bonds is 5. The minimum absolute atomic E-state index is 0. The van der Waals surface area contributed by atoms with Crippen LogP contribution in [0.3, 0.4) is 0 Å². The lowest BCUT2D eigenvalue weighted by Gasteiger charge is -2.20. The van der Waals surface area contributed by atoms with E-state index in [0.717, 1.165) is 31.2 Å². The van der Waals surface area contributed by atoms with E-state index in [1.807, 2.05) is 0 Å². The zero-order valence-electron chi connectivity index (χ0n) is 11.3. The summed E-state index contributed by atoms with van der Waals surface area (Å²) in [5, 5.41) is 0.